The first kappa shape index (κ1) is 32.2. The van der Waals surface area contributed by atoms with Crippen molar-refractivity contribution in [1.82, 2.24) is 10.2 Å². The third kappa shape index (κ3) is 8.68. The van der Waals surface area contributed by atoms with Crippen LogP contribution in [-0.4, -0.2) is 37.2 Å². The molecule has 4 unspecified atom stereocenters. The smallest absolute Gasteiger partial charge is 0.220 e. The van der Waals surface area contributed by atoms with Crippen LogP contribution >= 0.6 is 0 Å². The summed E-state index contributed by atoms with van der Waals surface area (Å²) in [6, 6.07) is 11.1. The fourth-order valence-electron chi connectivity index (χ4n) is 8.47. The summed E-state index contributed by atoms with van der Waals surface area (Å²) < 4.78 is 0. The summed E-state index contributed by atoms with van der Waals surface area (Å²) >= 11 is 0. The molecule has 3 saturated carbocycles. The summed E-state index contributed by atoms with van der Waals surface area (Å²) in [5, 5.41) is 3.25. The Morgan fingerprint density at radius 3 is 2.20 bits per heavy atom. The summed E-state index contributed by atoms with van der Waals surface area (Å²) in [4.78, 5) is 29.7. The molecule has 1 amide bonds. The summed E-state index contributed by atoms with van der Waals surface area (Å²) in [7, 11) is 4.52. The van der Waals surface area contributed by atoms with Gasteiger partial charge in [0.05, 0.1) is 0 Å². The number of rotatable bonds is 9. The molecule has 0 saturated heterocycles. The highest BCUT2D eigenvalue weighted by Gasteiger charge is 2.38. The summed E-state index contributed by atoms with van der Waals surface area (Å²) in [5.74, 6) is 2.66. The van der Waals surface area contributed by atoms with Crippen LogP contribution in [0.3, 0.4) is 0 Å². The van der Waals surface area contributed by atoms with Gasteiger partial charge in [-0.05, 0) is 88.3 Å². The molecule has 41 heavy (non-hydrogen) atoms. The van der Waals surface area contributed by atoms with E-state index in [1.165, 1.54) is 63.4 Å². The fourth-order valence-corrected chi connectivity index (χ4v) is 8.47. The van der Waals surface area contributed by atoms with Gasteiger partial charge in [0.25, 0.3) is 0 Å². The minimum absolute atomic E-state index is 0.0146. The maximum atomic E-state index is 14.2. The van der Waals surface area contributed by atoms with Gasteiger partial charge in [-0.25, -0.2) is 0 Å². The zero-order chi connectivity index (χ0) is 29.2. The number of amides is 1. The molecule has 1 aromatic carbocycles. The maximum Gasteiger partial charge on any atom is 0.220 e. The molecule has 0 heterocycles. The lowest BCUT2D eigenvalue weighted by Gasteiger charge is -2.42. The number of hydrogen-bond acceptors (Lipinski definition) is 3. The van der Waals surface area contributed by atoms with Crippen LogP contribution in [-0.2, 0) is 15.1 Å². The summed E-state index contributed by atoms with van der Waals surface area (Å²) in [5.41, 5.74) is 1.47. The molecule has 3 aliphatic rings. The van der Waals surface area contributed by atoms with Gasteiger partial charge < -0.3 is 5.32 Å². The first-order valence-corrected chi connectivity index (χ1v) is 17.3. The standard InChI is InChI=1S/C37H60N2O2/c1-28(25-35(40)38-27-31-15-7-5-8-16-31)34-22-11-12-23-37(39(3)4,33-20-9-6-10-21-33)24-14-19-32(29(2)36(34)41)26-30-17-13-18-30/h6,9-10,20-21,28-32,34H,5,7-8,11-19,22-27H2,1-4H3,(H,38,40)/t28?,29?,32?,34?,37-/m0/s1. The number of carbonyl (C=O) groups excluding carboxylic acids is 2. The highest BCUT2D eigenvalue weighted by molar-refractivity contribution is 5.84. The van der Waals surface area contributed by atoms with Crippen molar-refractivity contribution in [1.29, 1.82) is 0 Å². The third-order valence-electron chi connectivity index (χ3n) is 11.6. The second-order valence-corrected chi connectivity index (χ2v) is 14.5. The van der Waals surface area contributed by atoms with Gasteiger partial charge in [0.1, 0.15) is 5.78 Å². The molecule has 4 nitrogen and oxygen atoms in total. The molecule has 0 aliphatic heterocycles. The molecule has 4 heteroatoms. The second kappa shape index (κ2) is 15.7. The maximum absolute atomic E-state index is 14.2. The van der Waals surface area contributed by atoms with Crippen LogP contribution in [0.1, 0.15) is 129 Å². The number of carbonyl (C=O) groups is 2. The molecule has 1 aromatic rings. The minimum atomic E-state index is -0.0146. The van der Waals surface area contributed by atoms with E-state index in [-0.39, 0.29) is 29.2 Å². The Hall–Kier alpha value is -1.68. The van der Waals surface area contributed by atoms with Gasteiger partial charge in [-0.1, -0.05) is 102 Å². The molecule has 1 N–H and O–H groups in total. The Kier molecular flexibility index (Phi) is 12.3. The van der Waals surface area contributed by atoms with Crippen molar-refractivity contribution in [3.63, 3.8) is 0 Å². The number of Topliss-reactive ketones (excluding diaryl/α,β-unsaturated/α-hetero) is 1. The molecule has 0 spiro atoms. The predicted molar refractivity (Wildman–Crippen MR) is 171 cm³/mol. The van der Waals surface area contributed by atoms with Crippen LogP contribution < -0.4 is 5.32 Å². The van der Waals surface area contributed by atoms with Crippen LogP contribution in [0.15, 0.2) is 30.3 Å². The van der Waals surface area contributed by atoms with Crippen molar-refractivity contribution in [2.45, 2.75) is 129 Å². The molecule has 5 atom stereocenters. The van der Waals surface area contributed by atoms with Gasteiger partial charge in [-0.2, -0.15) is 0 Å². The van der Waals surface area contributed by atoms with Crippen LogP contribution in [0.25, 0.3) is 0 Å². The highest BCUT2D eigenvalue weighted by Crippen LogP contribution is 2.43. The second-order valence-electron chi connectivity index (χ2n) is 14.5. The van der Waals surface area contributed by atoms with Crippen molar-refractivity contribution in [2.75, 3.05) is 20.6 Å². The third-order valence-corrected chi connectivity index (χ3v) is 11.6. The molecule has 230 valence electrons. The summed E-state index contributed by atoms with van der Waals surface area (Å²) in [6.45, 7) is 5.23. The van der Waals surface area contributed by atoms with E-state index in [0.29, 0.717) is 24.0 Å². The minimum Gasteiger partial charge on any atom is -0.356 e. The Labute approximate surface area is 251 Å². The molecule has 0 radical (unpaired) electrons. The predicted octanol–water partition coefficient (Wildman–Crippen LogP) is 8.54. The molecule has 3 aliphatic carbocycles. The Morgan fingerprint density at radius 2 is 1.54 bits per heavy atom. The molecule has 3 fully saturated rings. The molecular formula is C37H60N2O2. The lowest BCUT2D eigenvalue weighted by molar-refractivity contribution is -0.131. The van der Waals surface area contributed by atoms with Gasteiger partial charge in [-0.15, -0.1) is 0 Å². The monoisotopic (exact) mass is 564 g/mol. The van der Waals surface area contributed by atoms with Crippen LogP contribution in [0.5, 0.6) is 0 Å². The normalized spacial score (nSPS) is 30.2. The van der Waals surface area contributed by atoms with Crippen LogP contribution in [0.2, 0.25) is 0 Å². The van der Waals surface area contributed by atoms with Gasteiger partial charge in [0.15, 0.2) is 0 Å². The Bertz CT molecular complexity index is 936. The van der Waals surface area contributed by atoms with Crippen molar-refractivity contribution < 1.29 is 9.59 Å². The van der Waals surface area contributed by atoms with E-state index in [4.69, 9.17) is 0 Å². The van der Waals surface area contributed by atoms with Crippen molar-refractivity contribution >= 4 is 11.7 Å². The van der Waals surface area contributed by atoms with Crippen molar-refractivity contribution in [3.05, 3.63) is 35.9 Å². The lowest BCUT2D eigenvalue weighted by Crippen LogP contribution is -2.42. The number of hydrogen-bond donors (Lipinski definition) is 1. The molecule has 0 aromatic heterocycles. The average Bonchev–Trinajstić information content (AvgIpc) is 2.95. The van der Waals surface area contributed by atoms with Crippen LogP contribution in [0, 0.1) is 35.5 Å². The van der Waals surface area contributed by atoms with Crippen LogP contribution in [0.4, 0.5) is 0 Å². The SMILES string of the molecule is CC(CC(=O)NCC1CCCCC1)C1CCCC[C@](c2ccccc2)(N(C)C)CCCC(CC2CCC2)C(C)C1=O. The summed E-state index contributed by atoms with van der Waals surface area (Å²) in [6.07, 6.45) is 19.8. The number of benzene rings is 1. The average molecular weight is 565 g/mol. The van der Waals surface area contributed by atoms with Crippen molar-refractivity contribution in [2.24, 2.45) is 35.5 Å². The quantitative estimate of drug-likeness (QED) is 0.327. The molecular weight excluding hydrogens is 504 g/mol. The van der Waals surface area contributed by atoms with Gasteiger partial charge in [-0.3, -0.25) is 14.5 Å². The number of ketones is 1. The van der Waals surface area contributed by atoms with E-state index in [1.54, 1.807) is 0 Å². The first-order chi connectivity index (χ1) is 19.8. The van der Waals surface area contributed by atoms with Gasteiger partial charge in [0, 0.05) is 30.3 Å². The number of nitrogens with one attached hydrogen (secondary N) is 1. The van der Waals surface area contributed by atoms with E-state index in [0.717, 1.165) is 57.4 Å². The zero-order valence-corrected chi connectivity index (χ0v) is 26.8. The van der Waals surface area contributed by atoms with E-state index in [9.17, 15) is 9.59 Å². The van der Waals surface area contributed by atoms with Gasteiger partial charge in [0.2, 0.25) is 5.91 Å². The van der Waals surface area contributed by atoms with E-state index in [1.807, 2.05) is 0 Å². The Morgan fingerprint density at radius 1 is 0.878 bits per heavy atom. The lowest BCUT2D eigenvalue weighted by atomic mass is 9.68. The Balaban J connectivity index is 1.48. The molecule has 4 rings (SSSR count). The molecule has 0 bridgehead atoms. The number of nitrogens with zero attached hydrogens (tertiary/aromatic N) is 1. The van der Waals surface area contributed by atoms with E-state index >= 15 is 0 Å². The van der Waals surface area contributed by atoms with Gasteiger partial charge >= 0.3 is 0 Å². The topological polar surface area (TPSA) is 49.4 Å². The van der Waals surface area contributed by atoms with Crippen molar-refractivity contribution in [3.8, 4) is 0 Å². The largest absolute Gasteiger partial charge is 0.356 e. The van der Waals surface area contributed by atoms with E-state index < -0.39 is 0 Å². The zero-order valence-electron chi connectivity index (χ0n) is 26.8. The highest BCUT2D eigenvalue weighted by atomic mass is 16.1. The first-order valence-electron chi connectivity index (χ1n) is 17.3. The fraction of sp³-hybridized carbons (Fsp3) is 0.784. The van der Waals surface area contributed by atoms with E-state index in [2.05, 4.69) is 68.5 Å².